The van der Waals surface area contributed by atoms with Gasteiger partial charge in [0.1, 0.15) is 12.2 Å². The first-order valence-electron chi connectivity index (χ1n) is 12.2. The molecule has 1 saturated carbocycles. The Morgan fingerprint density at radius 3 is 2.58 bits per heavy atom. The fraction of sp³-hybridized carbons (Fsp3) is 0.739. The molecule has 0 radical (unpaired) electrons. The maximum atomic E-state index is 13.0. The molecule has 3 aliphatic heterocycles. The van der Waals surface area contributed by atoms with Crippen LogP contribution in [0.15, 0.2) is 18.5 Å². The van der Waals surface area contributed by atoms with Gasteiger partial charge < -0.3 is 24.4 Å². The quantitative estimate of drug-likeness (QED) is 0.665. The summed E-state index contributed by atoms with van der Waals surface area (Å²) in [6.07, 6.45) is 8.44. The molecular formula is C23H33N5O5. The van der Waals surface area contributed by atoms with E-state index in [4.69, 9.17) is 14.6 Å². The number of anilines is 1. The van der Waals surface area contributed by atoms with Gasteiger partial charge in [0, 0.05) is 44.7 Å². The maximum Gasteiger partial charge on any atom is 0.506 e. The summed E-state index contributed by atoms with van der Waals surface area (Å²) in [5, 5.41) is 16.7. The average Bonchev–Trinajstić information content (AvgIpc) is 3.17. The molecule has 1 N–H and O–H groups in total. The number of nitrogens with zero attached hydrogens (tertiary/aromatic N) is 5. The number of amides is 1. The summed E-state index contributed by atoms with van der Waals surface area (Å²) in [7, 11) is 0. The van der Waals surface area contributed by atoms with E-state index in [1.807, 2.05) is 6.07 Å². The summed E-state index contributed by atoms with van der Waals surface area (Å²) in [5.41, 5.74) is 1.08. The molecule has 10 heteroatoms. The van der Waals surface area contributed by atoms with Gasteiger partial charge in [-0.25, -0.2) is 9.59 Å². The molecule has 3 saturated heterocycles. The van der Waals surface area contributed by atoms with Crippen LogP contribution in [-0.4, -0.2) is 94.4 Å². The molecule has 4 fully saturated rings. The first kappa shape index (κ1) is 22.2. The second kappa shape index (κ2) is 9.70. The molecule has 3 unspecified atom stereocenters. The van der Waals surface area contributed by atoms with Crippen LogP contribution in [0.4, 0.5) is 15.3 Å². The molecule has 0 aromatic carbocycles. The molecule has 4 heterocycles. The van der Waals surface area contributed by atoms with Crippen molar-refractivity contribution >= 4 is 17.9 Å². The molecule has 1 aliphatic carbocycles. The average molecular weight is 460 g/mol. The van der Waals surface area contributed by atoms with Crippen LogP contribution in [0, 0.1) is 5.92 Å². The number of piperidine rings is 2. The number of hydrogen-bond donors (Lipinski definition) is 1. The Labute approximate surface area is 193 Å². The van der Waals surface area contributed by atoms with Crippen LogP contribution in [0.1, 0.15) is 44.9 Å². The number of fused-ring (bicyclic) bond motifs is 1. The fourth-order valence-corrected chi connectivity index (χ4v) is 6.19. The highest BCUT2D eigenvalue weighted by Gasteiger charge is 2.50. The SMILES string of the molecule is O=C(O)OC1CCN(CC2CCCC3C2OC(=O)N3C2CCN(c3ccnnc3)CC2)CC1. The number of aromatic nitrogens is 2. The molecule has 10 nitrogen and oxygen atoms in total. The normalized spacial score (nSPS) is 29.6. The second-order valence-corrected chi connectivity index (χ2v) is 9.72. The molecule has 33 heavy (non-hydrogen) atoms. The third-order valence-electron chi connectivity index (χ3n) is 7.81. The molecule has 1 aromatic rings. The number of ether oxygens (including phenoxy) is 2. The van der Waals surface area contributed by atoms with Crippen molar-refractivity contribution in [2.45, 2.75) is 69.2 Å². The summed E-state index contributed by atoms with van der Waals surface area (Å²) >= 11 is 0. The predicted molar refractivity (Wildman–Crippen MR) is 119 cm³/mol. The first-order chi connectivity index (χ1) is 16.1. The third-order valence-corrected chi connectivity index (χ3v) is 7.81. The molecule has 0 bridgehead atoms. The van der Waals surface area contributed by atoms with Crippen LogP contribution < -0.4 is 4.90 Å². The van der Waals surface area contributed by atoms with Crippen molar-refractivity contribution in [3.05, 3.63) is 18.5 Å². The largest absolute Gasteiger partial charge is 0.506 e. The van der Waals surface area contributed by atoms with Crippen molar-refractivity contribution in [2.75, 3.05) is 37.6 Å². The molecule has 5 rings (SSSR count). The van der Waals surface area contributed by atoms with Gasteiger partial charge in [0.05, 0.1) is 24.1 Å². The Bertz CT molecular complexity index is 826. The second-order valence-electron chi connectivity index (χ2n) is 9.72. The Kier molecular flexibility index (Phi) is 6.52. The molecular weight excluding hydrogens is 426 g/mol. The van der Waals surface area contributed by atoms with Crippen LogP contribution in [0.3, 0.4) is 0 Å². The van der Waals surface area contributed by atoms with Crippen LogP contribution in [-0.2, 0) is 9.47 Å². The molecule has 4 aliphatic rings. The fourth-order valence-electron chi connectivity index (χ4n) is 6.19. The van der Waals surface area contributed by atoms with Gasteiger partial charge >= 0.3 is 12.2 Å². The lowest BCUT2D eigenvalue weighted by Crippen LogP contribution is -2.52. The minimum absolute atomic E-state index is 0.0401. The molecule has 1 amide bonds. The standard InChI is InChI=1S/C23H33N5O5/c29-22-28(17-5-12-27(13-6-17)18-4-9-24-25-14-18)20-3-1-2-16(21(20)33-22)15-26-10-7-19(8-11-26)32-23(30)31/h4,9,14,16-17,19-21H,1-3,5-8,10-13,15H2,(H,30,31). The van der Waals surface area contributed by atoms with Gasteiger partial charge in [0.15, 0.2) is 0 Å². The Morgan fingerprint density at radius 2 is 1.88 bits per heavy atom. The van der Waals surface area contributed by atoms with E-state index in [1.54, 1.807) is 12.4 Å². The molecule has 0 spiro atoms. The Morgan fingerprint density at radius 1 is 1.09 bits per heavy atom. The minimum Gasteiger partial charge on any atom is -0.450 e. The van der Waals surface area contributed by atoms with E-state index in [0.29, 0.717) is 5.92 Å². The van der Waals surface area contributed by atoms with Gasteiger partial charge in [-0.2, -0.15) is 10.2 Å². The van der Waals surface area contributed by atoms with E-state index in [2.05, 4.69) is 24.9 Å². The van der Waals surface area contributed by atoms with Gasteiger partial charge in [0.2, 0.25) is 0 Å². The van der Waals surface area contributed by atoms with E-state index in [9.17, 15) is 9.59 Å². The zero-order valence-corrected chi connectivity index (χ0v) is 18.9. The van der Waals surface area contributed by atoms with Crippen molar-refractivity contribution in [3.63, 3.8) is 0 Å². The predicted octanol–water partition coefficient (Wildman–Crippen LogP) is 2.59. The molecule has 3 atom stereocenters. The van der Waals surface area contributed by atoms with E-state index in [-0.39, 0.29) is 30.4 Å². The highest BCUT2D eigenvalue weighted by atomic mass is 16.7. The smallest absolute Gasteiger partial charge is 0.450 e. The number of hydrogen-bond acceptors (Lipinski definition) is 8. The first-order valence-corrected chi connectivity index (χ1v) is 12.2. The molecule has 180 valence electrons. The van der Waals surface area contributed by atoms with Gasteiger partial charge in [-0.3, -0.25) is 4.90 Å². The highest BCUT2D eigenvalue weighted by Crippen LogP contribution is 2.39. The van der Waals surface area contributed by atoms with Crippen LogP contribution in [0.5, 0.6) is 0 Å². The van der Waals surface area contributed by atoms with E-state index >= 15 is 0 Å². The van der Waals surface area contributed by atoms with Crippen LogP contribution in [0.25, 0.3) is 0 Å². The number of carbonyl (C=O) groups excluding carboxylic acids is 1. The van der Waals surface area contributed by atoms with Crippen molar-refractivity contribution in [1.82, 2.24) is 20.0 Å². The minimum atomic E-state index is -1.19. The lowest BCUT2D eigenvalue weighted by Gasteiger charge is -2.42. The van der Waals surface area contributed by atoms with E-state index in [0.717, 1.165) is 83.4 Å². The van der Waals surface area contributed by atoms with Crippen molar-refractivity contribution in [2.24, 2.45) is 5.92 Å². The number of carbonyl (C=O) groups is 2. The monoisotopic (exact) mass is 459 g/mol. The number of rotatable bonds is 5. The third kappa shape index (κ3) is 4.85. The van der Waals surface area contributed by atoms with Crippen LogP contribution in [0.2, 0.25) is 0 Å². The van der Waals surface area contributed by atoms with Gasteiger partial charge in [0.25, 0.3) is 0 Å². The maximum absolute atomic E-state index is 13.0. The Balaban J connectivity index is 1.16. The summed E-state index contributed by atoms with van der Waals surface area (Å²) in [5.74, 6) is 0.331. The van der Waals surface area contributed by atoms with Gasteiger partial charge in [-0.05, 0) is 44.6 Å². The van der Waals surface area contributed by atoms with E-state index in [1.165, 1.54) is 0 Å². The zero-order valence-electron chi connectivity index (χ0n) is 18.9. The molecule has 1 aromatic heterocycles. The van der Waals surface area contributed by atoms with E-state index < -0.39 is 6.16 Å². The summed E-state index contributed by atoms with van der Waals surface area (Å²) in [6.45, 7) is 4.34. The number of likely N-dealkylation sites (tertiary alicyclic amines) is 1. The summed E-state index contributed by atoms with van der Waals surface area (Å²) in [6, 6.07) is 2.37. The lowest BCUT2D eigenvalue weighted by molar-refractivity contribution is 0.00333. The Hall–Kier alpha value is -2.62. The number of carboxylic acid groups (broad SMARTS) is 1. The van der Waals surface area contributed by atoms with Crippen LogP contribution >= 0.6 is 0 Å². The van der Waals surface area contributed by atoms with Gasteiger partial charge in [-0.1, -0.05) is 6.42 Å². The zero-order chi connectivity index (χ0) is 22.8. The topological polar surface area (TPSA) is 108 Å². The van der Waals surface area contributed by atoms with Crippen molar-refractivity contribution < 1.29 is 24.2 Å². The van der Waals surface area contributed by atoms with Crippen molar-refractivity contribution in [1.29, 1.82) is 0 Å². The highest BCUT2D eigenvalue weighted by molar-refractivity contribution is 5.71. The lowest BCUT2D eigenvalue weighted by atomic mass is 9.81. The summed E-state index contributed by atoms with van der Waals surface area (Å²) in [4.78, 5) is 30.5. The van der Waals surface area contributed by atoms with Gasteiger partial charge in [-0.15, -0.1) is 0 Å². The van der Waals surface area contributed by atoms with Crippen molar-refractivity contribution in [3.8, 4) is 0 Å². The summed E-state index contributed by atoms with van der Waals surface area (Å²) < 4.78 is 10.9.